The van der Waals surface area contributed by atoms with Crippen molar-refractivity contribution >= 4 is 11.6 Å². The Bertz CT molecular complexity index is 1020. The number of nitrogens with one attached hydrogen (secondary N) is 1. The van der Waals surface area contributed by atoms with Gasteiger partial charge >= 0.3 is 0 Å². The second-order valence-electron chi connectivity index (χ2n) is 8.95. The van der Waals surface area contributed by atoms with Crippen LogP contribution in [0.25, 0.3) is 22.4 Å². The molecule has 1 heterocycles. The van der Waals surface area contributed by atoms with E-state index in [2.05, 4.69) is 55.6 Å². The monoisotopic (exact) mass is 415 g/mol. The topological polar surface area (TPSA) is 68.0 Å². The second-order valence-corrected chi connectivity index (χ2v) is 8.95. The molecule has 3 rings (SSSR count). The lowest BCUT2D eigenvalue weighted by Crippen LogP contribution is -2.28. The van der Waals surface area contributed by atoms with Crippen LogP contribution in [0.5, 0.6) is 0 Å². The van der Waals surface area contributed by atoms with Crippen molar-refractivity contribution in [2.75, 3.05) is 5.32 Å². The number of nitrogens with two attached hydrogens (primary N) is 1. The highest BCUT2D eigenvalue weighted by Crippen LogP contribution is 2.33. The zero-order valence-electron chi connectivity index (χ0n) is 19.1. The van der Waals surface area contributed by atoms with E-state index in [4.69, 9.17) is 10.7 Å². The number of pyridine rings is 1. The van der Waals surface area contributed by atoms with Crippen molar-refractivity contribution in [3.05, 3.63) is 72.4 Å². The van der Waals surface area contributed by atoms with Crippen molar-refractivity contribution in [2.24, 2.45) is 17.6 Å². The zero-order chi connectivity index (χ0) is 22.6. The maximum Gasteiger partial charge on any atom is 0.227 e. The first-order valence-electron chi connectivity index (χ1n) is 11.0. The first-order valence-corrected chi connectivity index (χ1v) is 11.0. The molecule has 3 aromatic rings. The van der Waals surface area contributed by atoms with E-state index in [0.717, 1.165) is 34.4 Å². The van der Waals surface area contributed by atoms with Gasteiger partial charge in [0.15, 0.2) is 0 Å². The largest absolute Gasteiger partial charge is 0.324 e. The molecule has 31 heavy (non-hydrogen) atoms. The molecule has 3 N–H and O–H groups in total. The van der Waals surface area contributed by atoms with Crippen molar-refractivity contribution in [1.29, 1.82) is 0 Å². The van der Waals surface area contributed by atoms with Gasteiger partial charge in [-0.2, -0.15) is 0 Å². The smallest absolute Gasteiger partial charge is 0.227 e. The summed E-state index contributed by atoms with van der Waals surface area (Å²) in [7, 11) is 0. The number of carbonyl (C=O) groups is 1. The lowest BCUT2D eigenvalue weighted by atomic mass is 9.92. The predicted molar refractivity (Wildman–Crippen MR) is 130 cm³/mol. The lowest BCUT2D eigenvalue weighted by Gasteiger charge is -2.20. The van der Waals surface area contributed by atoms with E-state index in [1.165, 1.54) is 0 Å². The number of hydrogen-bond acceptors (Lipinski definition) is 3. The summed E-state index contributed by atoms with van der Waals surface area (Å²) < 4.78 is 0. The fourth-order valence-corrected chi connectivity index (χ4v) is 3.53. The minimum Gasteiger partial charge on any atom is -0.324 e. The normalized spacial score (nSPS) is 13.5. The maximum absolute atomic E-state index is 12.7. The molecule has 0 bridgehead atoms. The van der Waals surface area contributed by atoms with Gasteiger partial charge in [0.1, 0.15) is 0 Å². The Morgan fingerprint density at radius 3 is 2.26 bits per heavy atom. The summed E-state index contributed by atoms with van der Waals surface area (Å²) in [5.41, 5.74) is 11.5. The van der Waals surface area contributed by atoms with Crippen LogP contribution in [-0.4, -0.2) is 10.9 Å². The van der Waals surface area contributed by atoms with Crippen LogP contribution in [0.3, 0.4) is 0 Å². The number of hydrogen-bond donors (Lipinski definition) is 2. The molecule has 1 amide bonds. The molecular weight excluding hydrogens is 382 g/mol. The van der Waals surface area contributed by atoms with Gasteiger partial charge in [-0.15, -0.1) is 0 Å². The van der Waals surface area contributed by atoms with Crippen molar-refractivity contribution in [3.8, 4) is 22.4 Å². The van der Waals surface area contributed by atoms with E-state index in [0.29, 0.717) is 11.6 Å². The number of nitrogens with zero attached hydrogens (tertiary/aromatic N) is 1. The van der Waals surface area contributed by atoms with Gasteiger partial charge in [-0.3, -0.25) is 9.78 Å². The van der Waals surface area contributed by atoms with Crippen LogP contribution in [0.15, 0.2) is 66.9 Å². The van der Waals surface area contributed by atoms with Gasteiger partial charge in [0.2, 0.25) is 5.91 Å². The van der Waals surface area contributed by atoms with Crippen LogP contribution in [0.2, 0.25) is 0 Å². The van der Waals surface area contributed by atoms with Crippen LogP contribution in [0.4, 0.5) is 5.69 Å². The van der Waals surface area contributed by atoms with E-state index >= 15 is 0 Å². The van der Waals surface area contributed by atoms with Crippen LogP contribution in [0.1, 0.15) is 46.6 Å². The van der Waals surface area contributed by atoms with Gasteiger partial charge in [-0.1, -0.05) is 81.8 Å². The highest BCUT2D eigenvalue weighted by atomic mass is 16.1. The Morgan fingerprint density at radius 2 is 1.68 bits per heavy atom. The van der Waals surface area contributed by atoms with Gasteiger partial charge in [-0.25, -0.2) is 0 Å². The third kappa shape index (κ3) is 5.39. The Labute approximate surface area is 185 Å². The van der Waals surface area contributed by atoms with E-state index in [1.807, 2.05) is 45.0 Å². The lowest BCUT2D eigenvalue weighted by molar-refractivity contribution is -0.120. The standard InChI is InChI=1S/C27H33N3O/c1-6-18(2)19(3)26(31)30-23-16-24(20-10-8-7-9-11-20)25(29-17-23)21-12-14-22(15-13-21)27(4,5)28/h7-19H,6,28H2,1-5H3,(H,30,31). The summed E-state index contributed by atoms with van der Waals surface area (Å²) in [4.78, 5) is 17.4. The predicted octanol–water partition coefficient (Wildman–Crippen LogP) is 6.23. The molecule has 0 fully saturated rings. The number of aromatic nitrogens is 1. The summed E-state index contributed by atoms with van der Waals surface area (Å²) >= 11 is 0. The third-order valence-electron chi connectivity index (χ3n) is 6.05. The molecule has 4 nitrogen and oxygen atoms in total. The Hall–Kier alpha value is -2.98. The molecule has 0 radical (unpaired) electrons. The number of rotatable bonds is 7. The average Bonchev–Trinajstić information content (AvgIpc) is 2.78. The molecule has 0 aliphatic rings. The van der Waals surface area contributed by atoms with E-state index < -0.39 is 5.54 Å². The molecule has 1 aromatic heterocycles. The summed E-state index contributed by atoms with van der Waals surface area (Å²) in [5.74, 6) is 0.292. The first kappa shape index (κ1) is 22.7. The number of amides is 1. The summed E-state index contributed by atoms with van der Waals surface area (Å²) in [5, 5.41) is 3.06. The van der Waals surface area contributed by atoms with E-state index in [-0.39, 0.29) is 11.8 Å². The zero-order valence-corrected chi connectivity index (χ0v) is 19.1. The van der Waals surface area contributed by atoms with Crippen molar-refractivity contribution in [1.82, 2.24) is 4.98 Å². The molecule has 162 valence electrons. The summed E-state index contributed by atoms with van der Waals surface area (Å²) in [6, 6.07) is 20.4. The Balaban J connectivity index is 2.00. The van der Waals surface area contributed by atoms with Gasteiger partial charge in [0.25, 0.3) is 0 Å². The second kappa shape index (κ2) is 9.44. The summed E-state index contributed by atoms with van der Waals surface area (Å²) in [6.45, 7) is 10.2. The number of benzene rings is 2. The fraction of sp³-hybridized carbons (Fsp3) is 0.333. The number of anilines is 1. The maximum atomic E-state index is 12.7. The quantitative estimate of drug-likeness (QED) is 0.480. The average molecular weight is 416 g/mol. The van der Waals surface area contributed by atoms with Gasteiger partial charge < -0.3 is 11.1 Å². The molecule has 2 aromatic carbocycles. The van der Waals surface area contributed by atoms with Gasteiger partial charge in [0, 0.05) is 22.6 Å². The molecule has 0 spiro atoms. The Kier molecular flexibility index (Phi) is 6.91. The first-order chi connectivity index (χ1) is 14.7. The minimum atomic E-state index is -0.394. The Morgan fingerprint density at radius 1 is 1.03 bits per heavy atom. The van der Waals surface area contributed by atoms with Crippen molar-refractivity contribution in [3.63, 3.8) is 0 Å². The highest BCUT2D eigenvalue weighted by Gasteiger charge is 2.20. The van der Waals surface area contributed by atoms with Gasteiger partial charge in [-0.05, 0) is 37.0 Å². The molecular formula is C27H33N3O. The summed E-state index contributed by atoms with van der Waals surface area (Å²) in [6.07, 6.45) is 2.71. The fourth-order valence-electron chi connectivity index (χ4n) is 3.53. The molecule has 0 saturated carbocycles. The minimum absolute atomic E-state index is 0.0254. The molecule has 0 saturated heterocycles. The molecule has 0 aliphatic heterocycles. The van der Waals surface area contributed by atoms with Crippen LogP contribution in [-0.2, 0) is 10.3 Å². The van der Waals surface area contributed by atoms with Crippen molar-refractivity contribution < 1.29 is 4.79 Å². The molecule has 2 atom stereocenters. The third-order valence-corrected chi connectivity index (χ3v) is 6.05. The molecule has 0 aliphatic carbocycles. The van der Waals surface area contributed by atoms with Gasteiger partial charge in [0.05, 0.1) is 17.6 Å². The van der Waals surface area contributed by atoms with Crippen LogP contribution >= 0.6 is 0 Å². The van der Waals surface area contributed by atoms with Crippen molar-refractivity contribution in [2.45, 2.75) is 46.6 Å². The molecule has 4 heteroatoms. The van der Waals surface area contributed by atoms with E-state index in [1.54, 1.807) is 6.20 Å². The van der Waals surface area contributed by atoms with E-state index in [9.17, 15) is 4.79 Å². The number of carbonyl (C=O) groups excluding carboxylic acids is 1. The van der Waals surface area contributed by atoms with Crippen LogP contribution < -0.4 is 11.1 Å². The SMILES string of the molecule is CCC(C)C(C)C(=O)Nc1cnc(-c2ccc(C(C)(C)N)cc2)c(-c2ccccc2)c1. The highest BCUT2D eigenvalue weighted by molar-refractivity contribution is 5.94. The van der Waals surface area contributed by atoms with Crippen LogP contribution in [0, 0.1) is 11.8 Å². The molecule has 2 unspecified atom stereocenters.